The predicted octanol–water partition coefficient (Wildman–Crippen LogP) is 4.85. The van der Waals surface area contributed by atoms with Gasteiger partial charge in [0.1, 0.15) is 5.82 Å². The van der Waals surface area contributed by atoms with Crippen LogP contribution in [0.5, 0.6) is 0 Å². The molecule has 6 nitrogen and oxygen atoms in total. The van der Waals surface area contributed by atoms with Crippen LogP contribution in [0.3, 0.4) is 0 Å². The Bertz CT molecular complexity index is 1090. The Kier molecular flexibility index (Phi) is 7.70. The number of rotatable bonds is 5. The van der Waals surface area contributed by atoms with E-state index in [4.69, 9.17) is 0 Å². The molecular weight excluding hydrogens is 464 g/mol. The molecule has 2 aromatic carbocycles. The van der Waals surface area contributed by atoms with Gasteiger partial charge in [0.25, 0.3) is 0 Å². The van der Waals surface area contributed by atoms with Crippen LogP contribution in [0, 0.1) is 11.7 Å². The van der Waals surface area contributed by atoms with Crippen LogP contribution in [0.4, 0.5) is 23.2 Å². The summed E-state index contributed by atoms with van der Waals surface area (Å²) in [4.78, 5) is 14.8. The van der Waals surface area contributed by atoms with Gasteiger partial charge in [-0.05, 0) is 50.2 Å². The summed E-state index contributed by atoms with van der Waals surface area (Å²) in [5.41, 5.74) is 0.881. The summed E-state index contributed by atoms with van der Waals surface area (Å²) in [6.45, 7) is 1.47. The number of piperidine rings is 1. The predicted molar refractivity (Wildman–Crippen MR) is 115 cm³/mol. The summed E-state index contributed by atoms with van der Waals surface area (Å²) in [5, 5.41) is 9.52. The molecule has 1 fully saturated rings. The van der Waals surface area contributed by atoms with Crippen LogP contribution >= 0.6 is 12.4 Å². The zero-order chi connectivity index (χ0) is 22.7. The number of amides is 1. The molecule has 2 heterocycles. The van der Waals surface area contributed by atoms with E-state index in [0.29, 0.717) is 18.5 Å². The van der Waals surface area contributed by atoms with E-state index in [0.717, 1.165) is 19.2 Å². The molecule has 1 aliphatic rings. The monoisotopic (exact) mass is 484 g/mol. The fourth-order valence-corrected chi connectivity index (χ4v) is 3.63. The van der Waals surface area contributed by atoms with Gasteiger partial charge < -0.3 is 14.6 Å². The zero-order valence-electron chi connectivity index (χ0n) is 17.3. The second-order valence-electron chi connectivity index (χ2n) is 7.50. The molecule has 3 aromatic rings. The first-order valence-electron chi connectivity index (χ1n) is 10.1. The fraction of sp³-hybridized carbons (Fsp3) is 0.318. The molecule has 4 rings (SSSR count). The molecule has 11 heteroatoms. The molecule has 0 unspecified atom stereocenters. The van der Waals surface area contributed by atoms with Crippen LogP contribution in [-0.2, 0) is 17.5 Å². The third kappa shape index (κ3) is 5.69. The Morgan fingerprint density at radius 2 is 1.79 bits per heavy atom. The topological polar surface area (TPSA) is 71.3 Å². The maximum atomic E-state index is 14.9. The standard InChI is InChI=1S/C22H20F4N4O2.ClH/c23-18-12-15(19-28-29-21(32-19)22(24,25)26)6-7-16(18)13-30(17-4-2-1-3-5-17)20(31)14-8-10-27-11-9-14;/h1-7,12,14,27H,8-11,13H2;1H. The van der Waals surface area contributed by atoms with E-state index in [1.54, 1.807) is 29.2 Å². The van der Waals surface area contributed by atoms with Crippen molar-refractivity contribution in [2.24, 2.45) is 5.92 Å². The van der Waals surface area contributed by atoms with Crippen molar-refractivity contribution in [1.29, 1.82) is 0 Å². The van der Waals surface area contributed by atoms with Crippen molar-refractivity contribution in [1.82, 2.24) is 15.5 Å². The summed E-state index contributed by atoms with van der Waals surface area (Å²) < 4.78 is 57.6. The number of hydrogen-bond donors (Lipinski definition) is 1. The van der Waals surface area contributed by atoms with Gasteiger partial charge in [-0.2, -0.15) is 13.2 Å². The smallest absolute Gasteiger partial charge is 0.413 e. The van der Waals surface area contributed by atoms with E-state index in [9.17, 15) is 22.4 Å². The molecule has 0 saturated carbocycles. The van der Waals surface area contributed by atoms with E-state index in [-0.39, 0.29) is 41.9 Å². The SMILES string of the molecule is Cl.O=C(C1CCNCC1)N(Cc1ccc(-c2nnc(C(F)(F)F)o2)cc1F)c1ccccc1. The lowest BCUT2D eigenvalue weighted by Crippen LogP contribution is -2.41. The quantitative estimate of drug-likeness (QED) is 0.524. The van der Waals surface area contributed by atoms with Crippen molar-refractivity contribution in [3.05, 3.63) is 65.8 Å². The largest absolute Gasteiger partial charge is 0.470 e. The highest BCUT2D eigenvalue weighted by molar-refractivity contribution is 5.95. The highest BCUT2D eigenvalue weighted by atomic mass is 35.5. The highest BCUT2D eigenvalue weighted by Gasteiger charge is 2.38. The average molecular weight is 485 g/mol. The number of hydrogen-bond acceptors (Lipinski definition) is 5. The minimum Gasteiger partial charge on any atom is -0.413 e. The van der Waals surface area contributed by atoms with E-state index in [2.05, 4.69) is 19.9 Å². The number of nitrogens with zero attached hydrogens (tertiary/aromatic N) is 3. The Labute approximate surface area is 193 Å². The Morgan fingerprint density at radius 1 is 1.09 bits per heavy atom. The molecule has 0 spiro atoms. The van der Waals surface area contributed by atoms with E-state index in [1.807, 2.05) is 6.07 Å². The van der Waals surface area contributed by atoms with Crippen LogP contribution < -0.4 is 10.2 Å². The van der Waals surface area contributed by atoms with Gasteiger partial charge in [-0.3, -0.25) is 4.79 Å². The Balaban J connectivity index is 0.00000306. The van der Waals surface area contributed by atoms with Crippen molar-refractivity contribution < 1.29 is 26.8 Å². The van der Waals surface area contributed by atoms with Gasteiger partial charge in [0.05, 0.1) is 6.54 Å². The molecule has 1 saturated heterocycles. The minimum absolute atomic E-state index is 0. The first kappa shape index (κ1) is 24.7. The lowest BCUT2D eigenvalue weighted by molar-refractivity contribution is -0.156. The number of benzene rings is 2. The Morgan fingerprint density at radius 3 is 2.39 bits per heavy atom. The van der Waals surface area contributed by atoms with Crippen molar-refractivity contribution in [3.8, 4) is 11.5 Å². The summed E-state index contributed by atoms with van der Waals surface area (Å²) in [6.07, 6.45) is -3.39. The van der Waals surface area contributed by atoms with Gasteiger partial charge >= 0.3 is 12.1 Å². The van der Waals surface area contributed by atoms with Crippen LogP contribution in [0.2, 0.25) is 0 Å². The second kappa shape index (κ2) is 10.3. The lowest BCUT2D eigenvalue weighted by Gasteiger charge is -2.30. The molecule has 0 radical (unpaired) electrons. The van der Waals surface area contributed by atoms with Crippen LogP contribution in [0.1, 0.15) is 24.3 Å². The number of aromatic nitrogens is 2. The third-order valence-electron chi connectivity index (χ3n) is 5.32. The molecule has 1 N–H and O–H groups in total. The maximum Gasteiger partial charge on any atom is 0.470 e. The van der Waals surface area contributed by atoms with E-state index in [1.165, 1.54) is 12.1 Å². The fourth-order valence-electron chi connectivity index (χ4n) is 3.63. The normalized spacial score (nSPS) is 14.5. The molecule has 176 valence electrons. The number of carbonyl (C=O) groups excluding carboxylic acids is 1. The van der Waals surface area contributed by atoms with Crippen LogP contribution in [0.15, 0.2) is 52.9 Å². The van der Waals surface area contributed by atoms with Gasteiger partial charge in [0.15, 0.2) is 0 Å². The molecular formula is C22H21ClF4N4O2. The van der Waals surface area contributed by atoms with E-state index >= 15 is 0 Å². The van der Waals surface area contributed by atoms with E-state index < -0.39 is 23.8 Å². The Hall–Kier alpha value is -2.98. The zero-order valence-corrected chi connectivity index (χ0v) is 18.1. The van der Waals surface area contributed by atoms with Crippen LogP contribution in [-0.4, -0.2) is 29.2 Å². The maximum absolute atomic E-state index is 14.9. The number of anilines is 1. The molecule has 1 aromatic heterocycles. The van der Waals surface area contributed by atoms with Crippen molar-refractivity contribution >= 4 is 24.0 Å². The van der Waals surface area contributed by atoms with Gasteiger partial charge in [-0.1, -0.05) is 24.3 Å². The minimum atomic E-state index is -4.78. The molecule has 0 bridgehead atoms. The van der Waals surface area contributed by atoms with Gasteiger partial charge in [-0.25, -0.2) is 4.39 Å². The van der Waals surface area contributed by atoms with Gasteiger partial charge in [-0.15, -0.1) is 22.6 Å². The summed E-state index contributed by atoms with van der Waals surface area (Å²) in [7, 11) is 0. The molecule has 33 heavy (non-hydrogen) atoms. The first-order chi connectivity index (χ1) is 15.3. The third-order valence-corrected chi connectivity index (χ3v) is 5.32. The number of para-hydroxylation sites is 1. The highest BCUT2D eigenvalue weighted by Crippen LogP contribution is 2.31. The van der Waals surface area contributed by atoms with Gasteiger partial charge in [0, 0.05) is 22.7 Å². The lowest BCUT2D eigenvalue weighted by atomic mass is 9.96. The summed E-state index contributed by atoms with van der Waals surface area (Å²) in [5.74, 6) is -2.88. The van der Waals surface area contributed by atoms with Crippen molar-refractivity contribution in [3.63, 3.8) is 0 Å². The average Bonchev–Trinajstić information content (AvgIpc) is 3.30. The molecule has 1 amide bonds. The summed E-state index contributed by atoms with van der Waals surface area (Å²) in [6, 6.07) is 12.8. The van der Waals surface area contributed by atoms with Gasteiger partial charge in [0.2, 0.25) is 11.8 Å². The summed E-state index contributed by atoms with van der Waals surface area (Å²) >= 11 is 0. The number of carbonyl (C=O) groups is 1. The molecule has 1 aliphatic heterocycles. The van der Waals surface area contributed by atoms with Crippen LogP contribution in [0.25, 0.3) is 11.5 Å². The number of nitrogens with one attached hydrogen (secondary N) is 1. The van der Waals surface area contributed by atoms with Crippen molar-refractivity contribution in [2.45, 2.75) is 25.6 Å². The molecule has 0 atom stereocenters. The number of alkyl halides is 3. The second-order valence-corrected chi connectivity index (χ2v) is 7.50. The molecule has 0 aliphatic carbocycles. The van der Waals surface area contributed by atoms with Crippen molar-refractivity contribution in [2.75, 3.05) is 18.0 Å². The number of halogens is 5. The first-order valence-corrected chi connectivity index (χ1v) is 10.1.